The van der Waals surface area contributed by atoms with E-state index in [0.29, 0.717) is 13.0 Å². The third kappa shape index (κ3) is 8.20. The molecule has 6 nitrogen and oxygen atoms in total. The molecule has 1 rings (SSSR count). The Labute approximate surface area is 136 Å². The fourth-order valence-electron chi connectivity index (χ4n) is 1.39. The molecule has 0 aliphatic rings. The van der Waals surface area contributed by atoms with Crippen LogP contribution < -0.4 is 15.8 Å². The molecule has 8 heteroatoms. The highest BCUT2D eigenvalue weighted by molar-refractivity contribution is 14.0. The number of nitrogens with zero attached hydrogens (tertiary/aromatic N) is 1. The number of rotatable bonds is 6. The third-order valence-corrected chi connectivity index (χ3v) is 3.35. The molecule has 20 heavy (non-hydrogen) atoms. The van der Waals surface area contributed by atoms with Gasteiger partial charge >= 0.3 is 0 Å². The van der Waals surface area contributed by atoms with E-state index in [2.05, 4.69) is 10.3 Å². The quantitative estimate of drug-likeness (QED) is 0.319. The minimum Gasteiger partial charge on any atom is -0.497 e. The van der Waals surface area contributed by atoms with Gasteiger partial charge in [0.05, 0.1) is 12.9 Å². The summed E-state index contributed by atoms with van der Waals surface area (Å²) in [4.78, 5) is 4.05. The summed E-state index contributed by atoms with van der Waals surface area (Å²) in [7, 11) is -1.34. The average molecular weight is 413 g/mol. The normalized spacial score (nSPS) is 11.6. The summed E-state index contributed by atoms with van der Waals surface area (Å²) < 4.78 is 26.9. The van der Waals surface area contributed by atoms with Gasteiger partial charge in [-0.2, -0.15) is 0 Å². The van der Waals surface area contributed by atoms with Crippen LogP contribution in [-0.4, -0.2) is 40.0 Å². The van der Waals surface area contributed by atoms with Crippen LogP contribution in [0, 0.1) is 0 Å². The Kier molecular flexibility index (Phi) is 8.54. The molecule has 0 fully saturated rings. The van der Waals surface area contributed by atoms with Gasteiger partial charge in [0.15, 0.2) is 5.96 Å². The van der Waals surface area contributed by atoms with Crippen molar-refractivity contribution in [1.82, 2.24) is 0 Å². The molecular formula is C12H20IN3O3S. The van der Waals surface area contributed by atoms with Gasteiger partial charge in [-0.15, -0.1) is 24.0 Å². The molecular weight excluding hydrogens is 393 g/mol. The van der Waals surface area contributed by atoms with Crippen molar-refractivity contribution in [3.8, 4) is 5.75 Å². The molecule has 0 spiro atoms. The molecule has 0 bridgehead atoms. The number of hydrogen-bond donors (Lipinski definition) is 2. The summed E-state index contributed by atoms with van der Waals surface area (Å²) in [5, 5.41) is 2.91. The number of nitrogens with one attached hydrogen (secondary N) is 1. The van der Waals surface area contributed by atoms with Gasteiger partial charge in [0.1, 0.15) is 15.6 Å². The van der Waals surface area contributed by atoms with Crippen LogP contribution in [0.1, 0.15) is 6.42 Å². The summed E-state index contributed by atoms with van der Waals surface area (Å²) in [5.74, 6) is 1.14. The second-order valence-electron chi connectivity index (χ2n) is 4.10. The molecule has 0 unspecified atom stereocenters. The highest BCUT2D eigenvalue weighted by atomic mass is 127. The number of guanidine groups is 1. The number of ether oxygens (including phenoxy) is 1. The number of halogens is 1. The maximum Gasteiger partial charge on any atom is 0.193 e. The third-order valence-electron chi connectivity index (χ3n) is 2.32. The Hall–Kier alpha value is -1.03. The molecule has 0 saturated carbocycles. The molecule has 0 aliphatic heterocycles. The van der Waals surface area contributed by atoms with Gasteiger partial charge in [-0.05, 0) is 30.7 Å². The second kappa shape index (κ2) is 9.01. The highest BCUT2D eigenvalue weighted by Crippen LogP contribution is 2.14. The van der Waals surface area contributed by atoms with Crippen LogP contribution in [0.25, 0.3) is 0 Å². The van der Waals surface area contributed by atoms with Crippen molar-refractivity contribution < 1.29 is 13.2 Å². The molecule has 3 N–H and O–H groups in total. The molecule has 0 aliphatic carbocycles. The average Bonchev–Trinajstić information content (AvgIpc) is 2.34. The lowest BCUT2D eigenvalue weighted by Gasteiger charge is -2.06. The number of hydrogen-bond acceptors (Lipinski definition) is 4. The summed E-state index contributed by atoms with van der Waals surface area (Å²) in [6.07, 6.45) is 1.67. The minimum absolute atomic E-state index is 0. The summed E-state index contributed by atoms with van der Waals surface area (Å²) in [5.41, 5.74) is 6.48. The van der Waals surface area contributed by atoms with E-state index in [1.54, 1.807) is 19.2 Å². The first-order chi connectivity index (χ1) is 8.90. The molecule has 0 amide bonds. The topological polar surface area (TPSA) is 93.8 Å². The number of sulfone groups is 1. The van der Waals surface area contributed by atoms with E-state index >= 15 is 0 Å². The summed E-state index contributed by atoms with van der Waals surface area (Å²) in [6, 6.07) is 7.24. The molecule has 0 saturated heterocycles. The lowest BCUT2D eigenvalue weighted by Crippen LogP contribution is -2.23. The molecule has 1 aromatic carbocycles. The maximum atomic E-state index is 10.9. The van der Waals surface area contributed by atoms with Crippen LogP contribution in [0.3, 0.4) is 0 Å². The summed E-state index contributed by atoms with van der Waals surface area (Å²) in [6.45, 7) is 0.377. The Morgan fingerprint density at radius 3 is 2.45 bits per heavy atom. The van der Waals surface area contributed by atoms with Gasteiger partial charge < -0.3 is 15.8 Å². The Bertz CT molecular complexity index is 529. The Morgan fingerprint density at radius 1 is 1.35 bits per heavy atom. The largest absolute Gasteiger partial charge is 0.497 e. The van der Waals surface area contributed by atoms with Crippen molar-refractivity contribution in [2.24, 2.45) is 10.7 Å². The van der Waals surface area contributed by atoms with Crippen LogP contribution in [0.15, 0.2) is 29.3 Å². The molecule has 0 heterocycles. The lowest BCUT2D eigenvalue weighted by molar-refractivity contribution is 0.415. The first-order valence-corrected chi connectivity index (χ1v) is 7.85. The SMILES string of the molecule is COc1ccc(NC(N)=NCCCS(C)(=O)=O)cc1.I. The first-order valence-electron chi connectivity index (χ1n) is 5.79. The van der Waals surface area contributed by atoms with Gasteiger partial charge in [-0.25, -0.2) is 8.42 Å². The predicted octanol–water partition coefficient (Wildman–Crippen LogP) is 1.47. The Balaban J connectivity index is 0.00000361. The second-order valence-corrected chi connectivity index (χ2v) is 6.36. The highest BCUT2D eigenvalue weighted by Gasteiger charge is 2.01. The van der Waals surface area contributed by atoms with E-state index in [1.807, 2.05) is 12.1 Å². The smallest absolute Gasteiger partial charge is 0.193 e. The first kappa shape index (κ1) is 19.0. The predicted molar refractivity (Wildman–Crippen MR) is 92.8 cm³/mol. The van der Waals surface area contributed by atoms with E-state index in [4.69, 9.17) is 10.5 Å². The number of anilines is 1. The molecule has 0 aromatic heterocycles. The van der Waals surface area contributed by atoms with Crippen LogP contribution >= 0.6 is 24.0 Å². The zero-order valence-corrected chi connectivity index (χ0v) is 14.6. The lowest BCUT2D eigenvalue weighted by atomic mass is 10.3. The van der Waals surface area contributed by atoms with Gasteiger partial charge in [0, 0.05) is 18.5 Å². The number of benzene rings is 1. The Morgan fingerprint density at radius 2 is 1.95 bits per heavy atom. The van der Waals surface area contributed by atoms with E-state index in [0.717, 1.165) is 11.4 Å². The van der Waals surface area contributed by atoms with Crippen LogP contribution in [0.4, 0.5) is 5.69 Å². The molecule has 114 valence electrons. The standard InChI is InChI=1S/C12H19N3O3S.HI/c1-18-11-6-4-10(5-7-11)15-12(13)14-8-3-9-19(2,16)17;/h4-7H,3,8-9H2,1-2H3,(H3,13,14,15);1H. The zero-order valence-electron chi connectivity index (χ0n) is 11.5. The van der Waals surface area contributed by atoms with Gasteiger partial charge in [-0.1, -0.05) is 0 Å². The van der Waals surface area contributed by atoms with Crippen molar-refractivity contribution in [3.63, 3.8) is 0 Å². The van der Waals surface area contributed by atoms with E-state index in [1.165, 1.54) is 6.26 Å². The summed E-state index contributed by atoms with van der Waals surface area (Å²) >= 11 is 0. The zero-order chi connectivity index (χ0) is 14.3. The van der Waals surface area contributed by atoms with Crippen molar-refractivity contribution in [2.45, 2.75) is 6.42 Å². The number of aliphatic imine (C=N–C) groups is 1. The van der Waals surface area contributed by atoms with Crippen LogP contribution in [-0.2, 0) is 9.84 Å². The van der Waals surface area contributed by atoms with Gasteiger partial charge in [-0.3, -0.25) is 4.99 Å². The minimum atomic E-state index is -2.93. The maximum absolute atomic E-state index is 10.9. The van der Waals surface area contributed by atoms with E-state index in [9.17, 15) is 8.42 Å². The van der Waals surface area contributed by atoms with Crippen LogP contribution in [0.2, 0.25) is 0 Å². The van der Waals surface area contributed by atoms with Gasteiger partial charge in [0.25, 0.3) is 0 Å². The van der Waals surface area contributed by atoms with Crippen molar-refractivity contribution in [2.75, 3.05) is 31.0 Å². The van der Waals surface area contributed by atoms with Crippen LogP contribution in [0.5, 0.6) is 5.75 Å². The van der Waals surface area contributed by atoms with E-state index < -0.39 is 9.84 Å². The molecule has 0 atom stereocenters. The van der Waals surface area contributed by atoms with Gasteiger partial charge in [0.2, 0.25) is 0 Å². The van der Waals surface area contributed by atoms with Crippen molar-refractivity contribution in [3.05, 3.63) is 24.3 Å². The number of methoxy groups -OCH3 is 1. The fraction of sp³-hybridized carbons (Fsp3) is 0.417. The fourth-order valence-corrected chi connectivity index (χ4v) is 2.04. The van der Waals surface area contributed by atoms with Crippen molar-refractivity contribution >= 4 is 45.5 Å². The van der Waals surface area contributed by atoms with Crippen molar-refractivity contribution in [1.29, 1.82) is 0 Å². The monoisotopic (exact) mass is 413 g/mol. The number of nitrogens with two attached hydrogens (primary N) is 1. The molecule has 0 radical (unpaired) electrons. The van der Waals surface area contributed by atoms with E-state index in [-0.39, 0.29) is 35.7 Å². The molecule has 1 aromatic rings.